The van der Waals surface area contributed by atoms with Gasteiger partial charge in [0, 0.05) is 43.6 Å². The summed E-state index contributed by atoms with van der Waals surface area (Å²) in [5, 5.41) is 10.5. The first-order valence-electron chi connectivity index (χ1n) is 10.8. The van der Waals surface area contributed by atoms with E-state index in [-0.39, 0.29) is 12.0 Å². The smallest absolute Gasteiger partial charge is 0.209 e. The fourth-order valence-electron chi connectivity index (χ4n) is 4.80. The SMILES string of the molecule is COc1ccc([C@@H]2CN(C=O)C[C@@]2(C)[C@@H](C)O)cc1OC1CCN(c2ccccn2)C1. The fourth-order valence-corrected chi connectivity index (χ4v) is 4.80. The number of amides is 1. The second kappa shape index (κ2) is 8.75. The Labute approximate surface area is 183 Å². The Hall–Kier alpha value is -2.80. The Morgan fingerprint density at radius 1 is 1.26 bits per heavy atom. The monoisotopic (exact) mass is 425 g/mol. The van der Waals surface area contributed by atoms with Gasteiger partial charge in [0.25, 0.3) is 0 Å². The van der Waals surface area contributed by atoms with E-state index in [1.54, 1.807) is 25.1 Å². The van der Waals surface area contributed by atoms with Crippen LogP contribution in [0.1, 0.15) is 31.7 Å². The van der Waals surface area contributed by atoms with Gasteiger partial charge in [-0.05, 0) is 36.8 Å². The quantitative estimate of drug-likeness (QED) is 0.688. The molecule has 1 amide bonds. The molecule has 4 atom stereocenters. The number of hydrogen-bond donors (Lipinski definition) is 1. The van der Waals surface area contributed by atoms with E-state index < -0.39 is 11.5 Å². The van der Waals surface area contributed by atoms with Crippen LogP contribution in [-0.4, -0.2) is 66.9 Å². The zero-order valence-corrected chi connectivity index (χ0v) is 18.4. The Bertz CT molecular complexity index is 907. The third kappa shape index (κ3) is 4.19. The number of carbonyl (C=O) groups excluding carboxylic acids is 1. The molecule has 4 rings (SSSR count). The molecule has 166 valence electrons. The van der Waals surface area contributed by atoms with Crippen molar-refractivity contribution in [3.05, 3.63) is 48.2 Å². The predicted octanol–water partition coefficient (Wildman–Crippen LogP) is 2.69. The first kappa shape index (κ1) is 21.4. The average Bonchev–Trinajstić information content (AvgIpc) is 3.39. The topological polar surface area (TPSA) is 75.1 Å². The van der Waals surface area contributed by atoms with Crippen LogP contribution in [0.25, 0.3) is 0 Å². The molecule has 2 aromatic rings. The minimum atomic E-state index is -0.546. The van der Waals surface area contributed by atoms with E-state index in [9.17, 15) is 9.90 Å². The first-order chi connectivity index (χ1) is 14.9. The molecule has 0 aliphatic carbocycles. The van der Waals surface area contributed by atoms with Gasteiger partial charge in [-0.3, -0.25) is 4.79 Å². The number of pyridine rings is 1. The number of benzene rings is 1. The molecule has 0 spiro atoms. The molecule has 7 heteroatoms. The molecule has 1 N–H and O–H groups in total. The molecule has 1 aromatic carbocycles. The van der Waals surface area contributed by atoms with Crippen molar-refractivity contribution in [2.24, 2.45) is 5.41 Å². The van der Waals surface area contributed by atoms with E-state index in [0.717, 1.165) is 37.3 Å². The number of likely N-dealkylation sites (tertiary alicyclic amines) is 1. The Morgan fingerprint density at radius 3 is 2.77 bits per heavy atom. The van der Waals surface area contributed by atoms with E-state index in [4.69, 9.17) is 9.47 Å². The summed E-state index contributed by atoms with van der Waals surface area (Å²) in [4.78, 5) is 19.8. The van der Waals surface area contributed by atoms with Crippen LogP contribution in [-0.2, 0) is 4.79 Å². The lowest BCUT2D eigenvalue weighted by molar-refractivity contribution is -0.117. The van der Waals surface area contributed by atoms with Crippen molar-refractivity contribution in [2.75, 3.05) is 38.2 Å². The molecule has 1 aromatic heterocycles. The minimum absolute atomic E-state index is 0.0135. The molecule has 3 heterocycles. The predicted molar refractivity (Wildman–Crippen MR) is 119 cm³/mol. The van der Waals surface area contributed by atoms with Crippen LogP contribution in [0, 0.1) is 5.41 Å². The van der Waals surface area contributed by atoms with Crippen molar-refractivity contribution in [3.63, 3.8) is 0 Å². The zero-order valence-electron chi connectivity index (χ0n) is 18.4. The molecular weight excluding hydrogens is 394 g/mol. The van der Waals surface area contributed by atoms with Gasteiger partial charge in [-0.25, -0.2) is 4.98 Å². The van der Waals surface area contributed by atoms with Crippen molar-refractivity contribution in [3.8, 4) is 11.5 Å². The maximum Gasteiger partial charge on any atom is 0.209 e. The van der Waals surface area contributed by atoms with Crippen molar-refractivity contribution < 1.29 is 19.4 Å². The number of methoxy groups -OCH3 is 1. The number of carbonyl (C=O) groups is 1. The van der Waals surface area contributed by atoms with Crippen molar-refractivity contribution >= 4 is 12.2 Å². The second-order valence-electron chi connectivity index (χ2n) is 8.84. The summed E-state index contributed by atoms with van der Waals surface area (Å²) < 4.78 is 12.0. The normalized spacial score (nSPS) is 26.7. The highest BCUT2D eigenvalue weighted by Gasteiger charge is 2.47. The number of anilines is 1. The van der Waals surface area contributed by atoms with Crippen molar-refractivity contribution in [1.29, 1.82) is 0 Å². The van der Waals surface area contributed by atoms with Gasteiger partial charge in [0.1, 0.15) is 11.9 Å². The fraction of sp³-hybridized carbons (Fsp3) is 0.500. The molecule has 0 radical (unpaired) electrons. The van der Waals surface area contributed by atoms with Crippen LogP contribution in [0.5, 0.6) is 11.5 Å². The molecule has 7 nitrogen and oxygen atoms in total. The minimum Gasteiger partial charge on any atom is -0.493 e. The Morgan fingerprint density at radius 2 is 2.10 bits per heavy atom. The molecule has 31 heavy (non-hydrogen) atoms. The van der Waals surface area contributed by atoms with Crippen molar-refractivity contribution in [2.45, 2.75) is 38.4 Å². The largest absolute Gasteiger partial charge is 0.493 e. The van der Waals surface area contributed by atoms with Gasteiger partial charge in [-0.15, -0.1) is 0 Å². The van der Waals surface area contributed by atoms with E-state index >= 15 is 0 Å². The van der Waals surface area contributed by atoms with Crippen LogP contribution in [0.2, 0.25) is 0 Å². The molecule has 0 bridgehead atoms. The highest BCUT2D eigenvalue weighted by molar-refractivity contribution is 5.51. The number of rotatable bonds is 7. The number of aliphatic hydroxyl groups excluding tert-OH is 1. The number of aliphatic hydroxyl groups is 1. The standard InChI is InChI=1S/C24H31N3O4/c1-17(29)24(2)15-26(16-28)14-20(24)18-7-8-21(30-3)22(12-18)31-19-9-11-27(13-19)23-6-4-5-10-25-23/h4-8,10,12,16-17,19-20,29H,9,11,13-15H2,1-3H3/t17-,19?,20+,24+/m1/s1. The van der Waals surface area contributed by atoms with Gasteiger partial charge in [0.15, 0.2) is 11.5 Å². The maximum absolute atomic E-state index is 11.4. The number of nitrogens with zero attached hydrogens (tertiary/aromatic N) is 3. The third-order valence-corrected chi connectivity index (χ3v) is 6.86. The van der Waals surface area contributed by atoms with Crippen LogP contribution in [0.4, 0.5) is 5.82 Å². The summed E-state index contributed by atoms with van der Waals surface area (Å²) >= 11 is 0. The lowest BCUT2D eigenvalue weighted by Crippen LogP contribution is -2.36. The molecule has 2 saturated heterocycles. The van der Waals surface area contributed by atoms with Gasteiger partial charge in [-0.1, -0.05) is 19.1 Å². The van der Waals surface area contributed by atoms with E-state index in [2.05, 4.69) is 9.88 Å². The molecule has 2 aliphatic heterocycles. The van der Waals surface area contributed by atoms with Crippen LogP contribution < -0.4 is 14.4 Å². The van der Waals surface area contributed by atoms with Gasteiger partial charge in [-0.2, -0.15) is 0 Å². The number of ether oxygens (including phenoxy) is 2. The highest BCUT2D eigenvalue weighted by atomic mass is 16.5. The van der Waals surface area contributed by atoms with E-state index in [1.165, 1.54) is 0 Å². The zero-order chi connectivity index (χ0) is 22.0. The summed E-state index contributed by atoms with van der Waals surface area (Å²) in [6.45, 7) is 6.60. The van der Waals surface area contributed by atoms with Gasteiger partial charge in [0.2, 0.25) is 6.41 Å². The van der Waals surface area contributed by atoms with Crippen LogP contribution in [0.15, 0.2) is 42.6 Å². The summed E-state index contributed by atoms with van der Waals surface area (Å²) in [6.07, 6.45) is 3.06. The summed E-state index contributed by atoms with van der Waals surface area (Å²) in [6, 6.07) is 11.9. The molecule has 2 aliphatic rings. The molecule has 2 fully saturated rings. The van der Waals surface area contributed by atoms with Crippen LogP contribution >= 0.6 is 0 Å². The highest BCUT2D eigenvalue weighted by Crippen LogP contribution is 2.46. The Kier molecular flexibility index (Phi) is 6.05. The van der Waals surface area contributed by atoms with Gasteiger partial charge in [0.05, 0.1) is 19.8 Å². The lowest BCUT2D eigenvalue weighted by Gasteiger charge is -2.33. The molecule has 0 saturated carbocycles. The number of hydrogen-bond acceptors (Lipinski definition) is 6. The molecular formula is C24H31N3O4. The van der Waals surface area contributed by atoms with Crippen LogP contribution in [0.3, 0.4) is 0 Å². The van der Waals surface area contributed by atoms with Crippen molar-refractivity contribution in [1.82, 2.24) is 9.88 Å². The van der Waals surface area contributed by atoms with Gasteiger partial charge < -0.3 is 24.4 Å². The van der Waals surface area contributed by atoms with E-state index in [0.29, 0.717) is 24.6 Å². The summed E-state index contributed by atoms with van der Waals surface area (Å²) in [7, 11) is 1.64. The summed E-state index contributed by atoms with van der Waals surface area (Å²) in [5.74, 6) is 2.36. The number of aromatic nitrogens is 1. The van der Waals surface area contributed by atoms with Gasteiger partial charge >= 0.3 is 0 Å². The third-order valence-electron chi connectivity index (χ3n) is 6.86. The summed E-state index contributed by atoms with van der Waals surface area (Å²) in [5.41, 5.74) is 0.624. The second-order valence-corrected chi connectivity index (χ2v) is 8.84. The van der Waals surface area contributed by atoms with E-state index in [1.807, 2.05) is 43.3 Å². The average molecular weight is 426 g/mol. The maximum atomic E-state index is 11.4. The first-order valence-corrected chi connectivity index (χ1v) is 10.8. The molecule has 1 unspecified atom stereocenters. The lowest BCUT2D eigenvalue weighted by atomic mass is 9.72. The Balaban J connectivity index is 1.55.